The first-order valence-electron chi connectivity index (χ1n) is 8.79. The highest BCUT2D eigenvalue weighted by molar-refractivity contribution is 7.89. The largest absolute Gasteiger partial charge is 0.384 e. The molecule has 3 N–H and O–H groups in total. The van der Waals surface area contributed by atoms with Gasteiger partial charge in [-0.1, -0.05) is 44.2 Å². The van der Waals surface area contributed by atoms with E-state index in [1.165, 1.54) is 39.2 Å². The molecule has 3 rings (SSSR count). The van der Waals surface area contributed by atoms with Crippen LogP contribution >= 0.6 is 0 Å². The number of nitrogens with zero attached hydrogens (tertiary/aromatic N) is 1. The van der Waals surface area contributed by atoms with Crippen molar-refractivity contribution in [2.45, 2.75) is 43.4 Å². The van der Waals surface area contributed by atoms with Gasteiger partial charge >= 0.3 is 0 Å². The Labute approximate surface area is 149 Å². The molecule has 6 heteroatoms. The molecule has 1 aromatic heterocycles. The van der Waals surface area contributed by atoms with Crippen LogP contribution in [0.2, 0.25) is 0 Å². The molecule has 5 nitrogen and oxygen atoms in total. The molecule has 0 aliphatic heterocycles. The van der Waals surface area contributed by atoms with Gasteiger partial charge < -0.3 is 5.73 Å². The monoisotopic (exact) mass is 359 g/mol. The number of hydrogen-bond acceptors (Lipinski definition) is 4. The third kappa shape index (κ3) is 4.19. The molecule has 2 aromatic rings. The summed E-state index contributed by atoms with van der Waals surface area (Å²) in [7, 11) is -2.08. The van der Waals surface area contributed by atoms with Gasteiger partial charge in [0, 0.05) is 5.56 Å². The highest BCUT2D eigenvalue weighted by Crippen LogP contribution is 2.32. The number of anilines is 1. The lowest BCUT2D eigenvalue weighted by molar-refractivity contribution is 0.357. The molecule has 134 valence electrons. The number of pyridine rings is 1. The fraction of sp³-hybridized carbons (Fsp3) is 0.421. The first kappa shape index (κ1) is 17.9. The van der Waals surface area contributed by atoms with Gasteiger partial charge in [-0.3, -0.25) is 0 Å². The summed E-state index contributed by atoms with van der Waals surface area (Å²) in [6.45, 7) is 0. The Morgan fingerprint density at radius 2 is 1.92 bits per heavy atom. The fourth-order valence-corrected chi connectivity index (χ4v) is 4.32. The lowest BCUT2D eigenvalue weighted by Gasteiger charge is -2.23. The van der Waals surface area contributed by atoms with Gasteiger partial charge in [-0.25, -0.2) is 18.1 Å². The molecule has 25 heavy (non-hydrogen) atoms. The van der Waals surface area contributed by atoms with E-state index < -0.39 is 10.0 Å². The zero-order chi connectivity index (χ0) is 17.9. The Kier molecular flexibility index (Phi) is 5.39. The molecule has 1 fully saturated rings. The van der Waals surface area contributed by atoms with Gasteiger partial charge in [-0.2, -0.15) is 0 Å². The second-order valence-electron chi connectivity index (χ2n) is 6.68. The summed E-state index contributed by atoms with van der Waals surface area (Å²) >= 11 is 0. The van der Waals surface area contributed by atoms with E-state index in [0.717, 1.165) is 23.2 Å². The standard InChI is InChI=1S/C19H25N3O2S/c1-21-25(23,24)16-11-10-15(12-14-6-3-2-4-7-14)17(13-16)18-8-5-9-19(20)22-18/h5,8-11,13-14,21H,2-4,6-7,12H2,1H3,(H2,20,22). The van der Waals surface area contributed by atoms with Crippen LogP contribution in [0.1, 0.15) is 37.7 Å². The highest BCUT2D eigenvalue weighted by Gasteiger charge is 2.19. The van der Waals surface area contributed by atoms with E-state index in [4.69, 9.17) is 5.73 Å². The van der Waals surface area contributed by atoms with Gasteiger partial charge in [0.25, 0.3) is 0 Å². The predicted octanol–water partition coefficient (Wildman–Crippen LogP) is 3.36. The van der Waals surface area contributed by atoms with Crippen LogP contribution in [0, 0.1) is 5.92 Å². The summed E-state index contributed by atoms with van der Waals surface area (Å²) in [6, 6.07) is 10.8. The molecule has 0 atom stereocenters. The van der Waals surface area contributed by atoms with Crippen molar-refractivity contribution in [1.82, 2.24) is 9.71 Å². The normalized spacial score (nSPS) is 16.0. The van der Waals surface area contributed by atoms with E-state index in [-0.39, 0.29) is 4.90 Å². The lowest BCUT2D eigenvalue weighted by atomic mass is 9.83. The van der Waals surface area contributed by atoms with Crippen LogP contribution in [-0.2, 0) is 16.4 Å². The quantitative estimate of drug-likeness (QED) is 0.857. The molecule has 0 unspecified atom stereocenters. The van der Waals surface area contributed by atoms with Crippen molar-refractivity contribution >= 4 is 15.8 Å². The Hall–Kier alpha value is -1.92. The van der Waals surface area contributed by atoms with Crippen LogP contribution in [0.3, 0.4) is 0 Å². The maximum absolute atomic E-state index is 12.2. The Bertz CT molecular complexity index is 843. The first-order valence-corrected chi connectivity index (χ1v) is 10.3. The fourth-order valence-electron chi connectivity index (χ4n) is 3.56. The van der Waals surface area contributed by atoms with E-state index in [2.05, 4.69) is 9.71 Å². The molecular formula is C19H25N3O2S. The van der Waals surface area contributed by atoms with Crippen LogP contribution in [-0.4, -0.2) is 20.4 Å². The molecule has 0 saturated heterocycles. The van der Waals surface area contributed by atoms with Gasteiger partial charge in [0.05, 0.1) is 10.6 Å². The van der Waals surface area contributed by atoms with Crippen molar-refractivity contribution in [1.29, 1.82) is 0 Å². The summed E-state index contributed by atoms with van der Waals surface area (Å²) in [4.78, 5) is 4.66. The van der Waals surface area contributed by atoms with Gasteiger partial charge in [0.1, 0.15) is 5.82 Å². The molecule has 1 saturated carbocycles. The second-order valence-corrected chi connectivity index (χ2v) is 8.57. The van der Waals surface area contributed by atoms with Crippen molar-refractivity contribution in [3.8, 4) is 11.3 Å². The zero-order valence-corrected chi connectivity index (χ0v) is 15.3. The topological polar surface area (TPSA) is 85.1 Å². The van der Waals surface area contributed by atoms with Gasteiger partial charge in [-0.05, 0) is 49.2 Å². The van der Waals surface area contributed by atoms with Crippen molar-refractivity contribution in [2.24, 2.45) is 5.92 Å². The average Bonchev–Trinajstić information content (AvgIpc) is 2.63. The Balaban J connectivity index is 2.04. The molecule has 0 spiro atoms. The van der Waals surface area contributed by atoms with E-state index >= 15 is 0 Å². The number of nitrogens with one attached hydrogen (secondary N) is 1. The minimum atomic E-state index is -3.50. The average molecular weight is 359 g/mol. The van der Waals surface area contributed by atoms with Crippen LogP contribution < -0.4 is 10.5 Å². The van der Waals surface area contributed by atoms with Crippen molar-refractivity contribution in [3.63, 3.8) is 0 Å². The first-order chi connectivity index (χ1) is 12.0. The van der Waals surface area contributed by atoms with Crippen LogP contribution in [0.15, 0.2) is 41.3 Å². The number of benzene rings is 1. The SMILES string of the molecule is CNS(=O)(=O)c1ccc(CC2CCCCC2)c(-c2cccc(N)n2)c1. The Morgan fingerprint density at radius 3 is 2.60 bits per heavy atom. The number of rotatable bonds is 5. The van der Waals surface area contributed by atoms with E-state index in [1.54, 1.807) is 18.2 Å². The zero-order valence-electron chi connectivity index (χ0n) is 14.5. The third-order valence-corrected chi connectivity index (χ3v) is 6.35. The van der Waals surface area contributed by atoms with Crippen LogP contribution in [0.5, 0.6) is 0 Å². The molecule has 0 bridgehead atoms. The molecule has 0 amide bonds. The minimum absolute atomic E-state index is 0.251. The number of aromatic nitrogens is 1. The highest BCUT2D eigenvalue weighted by atomic mass is 32.2. The smallest absolute Gasteiger partial charge is 0.240 e. The maximum Gasteiger partial charge on any atom is 0.240 e. The summed E-state index contributed by atoms with van der Waals surface area (Å²) in [6.07, 6.45) is 7.30. The minimum Gasteiger partial charge on any atom is -0.384 e. The number of sulfonamides is 1. The lowest BCUT2D eigenvalue weighted by Crippen LogP contribution is -2.19. The third-order valence-electron chi connectivity index (χ3n) is 4.94. The second kappa shape index (κ2) is 7.54. The summed E-state index contributed by atoms with van der Waals surface area (Å²) in [5.41, 5.74) is 8.55. The molecular weight excluding hydrogens is 334 g/mol. The van der Waals surface area contributed by atoms with Gasteiger partial charge in [0.2, 0.25) is 10.0 Å². The molecule has 1 aliphatic carbocycles. The molecule has 1 heterocycles. The summed E-state index contributed by atoms with van der Waals surface area (Å²) in [5, 5.41) is 0. The Morgan fingerprint density at radius 1 is 1.16 bits per heavy atom. The van der Waals surface area contributed by atoms with Crippen molar-refractivity contribution < 1.29 is 8.42 Å². The van der Waals surface area contributed by atoms with E-state index in [1.807, 2.05) is 18.2 Å². The van der Waals surface area contributed by atoms with E-state index in [9.17, 15) is 8.42 Å². The summed E-state index contributed by atoms with van der Waals surface area (Å²) in [5.74, 6) is 1.09. The number of hydrogen-bond donors (Lipinski definition) is 2. The van der Waals surface area contributed by atoms with E-state index in [0.29, 0.717) is 11.7 Å². The number of nitrogen functional groups attached to an aromatic ring is 1. The molecule has 1 aliphatic rings. The van der Waals surface area contributed by atoms with Gasteiger partial charge in [-0.15, -0.1) is 0 Å². The molecule has 1 aromatic carbocycles. The van der Waals surface area contributed by atoms with Crippen molar-refractivity contribution in [2.75, 3.05) is 12.8 Å². The van der Waals surface area contributed by atoms with Crippen LogP contribution in [0.4, 0.5) is 5.82 Å². The maximum atomic E-state index is 12.2. The van der Waals surface area contributed by atoms with Crippen molar-refractivity contribution in [3.05, 3.63) is 42.0 Å². The number of nitrogens with two attached hydrogens (primary N) is 1. The van der Waals surface area contributed by atoms with Crippen LogP contribution in [0.25, 0.3) is 11.3 Å². The van der Waals surface area contributed by atoms with Gasteiger partial charge in [0.15, 0.2) is 0 Å². The summed E-state index contributed by atoms with van der Waals surface area (Å²) < 4.78 is 26.8. The predicted molar refractivity (Wildman–Crippen MR) is 101 cm³/mol. The molecule has 0 radical (unpaired) electrons.